The van der Waals surface area contributed by atoms with Gasteiger partial charge in [0.05, 0.1) is 10.7 Å². The van der Waals surface area contributed by atoms with Crippen molar-refractivity contribution in [2.24, 2.45) is 5.73 Å². The number of nitrogens with two attached hydrogens (primary N) is 1. The molecule has 0 aliphatic carbocycles. The molecule has 0 aromatic heterocycles. The highest BCUT2D eigenvalue weighted by molar-refractivity contribution is 6.35. The Hall–Kier alpha value is -1.42. The number of rotatable bonds is 3. The molecule has 116 valence electrons. The third-order valence-corrected chi connectivity index (χ3v) is 4.39. The molecule has 0 unspecified atom stereocenters. The Morgan fingerprint density at radius 3 is 2.45 bits per heavy atom. The summed E-state index contributed by atoms with van der Waals surface area (Å²) in [4.78, 5) is 2.31. The van der Waals surface area contributed by atoms with Crippen LogP contribution in [0.3, 0.4) is 0 Å². The number of benzene rings is 2. The van der Waals surface area contributed by atoms with Gasteiger partial charge >= 0.3 is 0 Å². The van der Waals surface area contributed by atoms with Crippen LogP contribution in [-0.4, -0.2) is 19.1 Å². The van der Waals surface area contributed by atoms with Crippen molar-refractivity contribution in [2.75, 3.05) is 18.0 Å². The van der Waals surface area contributed by atoms with Crippen molar-refractivity contribution < 1.29 is 4.74 Å². The molecule has 1 fully saturated rings. The van der Waals surface area contributed by atoms with Crippen LogP contribution in [0.25, 0.3) is 0 Å². The zero-order valence-electron chi connectivity index (χ0n) is 12.1. The van der Waals surface area contributed by atoms with Crippen LogP contribution in [0.5, 0.6) is 11.5 Å². The predicted octanol–water partition coefficient (Wildman–Crippen LogP) is 4.71. The van der Waals surface area contributed by atoms with Crippen LogP contribution in [0.2, 0.25) is 10.0 Å². The molecule has 0 saturated carbocycles. The minimum Gasteiger partial charge on any atom is -0.454 e. The van der Waals surface area contributed by atoms with Crippen LogP contribution in [0, 0.1) is 0 Å². The largest absolute Gasteiger partial charge is 0.454 e. The molecular weight excluding hydrogens is 319 g/mol. The standard InChI is InChI=1S/C17H18Cl2N2O/c18-12-5-6-16(14(19)11-12)22-17-4-2-1-3-15(17)21-9-7-13(20)8-10-21/h1-6,11,13H,7-10,20H2. The van der Waals surface area contributed by atoms with Crippen molar-refractivity contribution in [3.63, 3.8) is 0 Å². The molecule has 5 heteroatoms. The van der Waals surface area contributed by atoms with E-state index in [0.29, 0.717) is 21.8 Å². The maximum Gasteiger partial charge on any atom is 0.150 e. The molecule has 1 heterocycles. The smallest absolute Gasteiger partial charge is 0.150 e. The first-order valence-corrected chi connectivity index (χ1v) is 8.11. The molecular formula is C17H18Cl2N2O. The number of hydrogen-bond acceptors (Lipinski definition) is 3. The highest BCUT2D eigenvalue weighted by Crippen LogP contribution is 2.37. The predicted molar refractivity (Wildman–Crippen MR) is 92.4 cm³/mol. The molecule has 1 saturated heterocycles. The summed E-state index contributed by atoms with van der Waals surface area (Å²) in [7, 11) is 0. The first kappa shape index (κ1) is 15.5. The van der Waals surface area contributed by atoms with Crippen molar-refractivity contribution in [2.45, 2.75) is 18.9 Å². The summed E-state index contributed by atoms with van der Waals surface area (Å²) in [5.41, 5.74) is 7.05. The van der Waals surface area contributed by atoms with E-state index in [1.54, 1.807) is 18.2 Å². The normalized spacial score (nSPS) is 15.9. The van der Waals surface area contributed by atoms with Gasteiger partial charge in [0.25, 0.3) is 0 Å². The molecule has 0 amide bonds. The average molecular weight is 337 g/mol. The third kappa shape index (κ3) is 3.49. The van der Waals surface area contributed by atoms with Gasteiger partial charge in [-0.1, -0.05) is 35.3 Å². The first-order chi connectivity index (χ1) is 10.6. The molecule has 1 aliphatic heterocycles. The third-order valence-electron chi connectivity index (χ3n) is 3.86. The zero-order chi connectivity index (χ0) is 15.5. The molecule has 0 spiro atoms. The van der Waals surface area contributed by atoms with Crippen molar-refractivity contribution in [3.8, 4) is 11.5 Å². The number of hydrogen-bond donors (Lipinski definition) is 1. The minimum atomic E-state index is 0.301. The van der Waals surface area contributed by atoms with Crippen LogP contribution >= 0.6 is 23.2 Å². The molecule has 0 radical (unpaired) electrons. The maximum atomic E-state index is 6.20. The highest BCUT2D eigenvalue weighted by atomic mass is 35.5. The number of anilines is 1. The van der Waals surface area contributed by atoms with Gasteiger partial charge in [-0.3, -0.25) is 0 Å². The van der Waals surface area contributed by atoms with Crippen LogP contribution in [0.1, 0.15) is 12.8 Å². The van der Waals surface area contributed by atoms with Crippen LogP contribution in [0.4, 0.5) is 5.69 Å². The lowest BCUT2D eigenvalue weighted by molar-refractivity contribution is 0.467. The highest BCUT2D eigenvalue weighted by Gasteiger charge is 2.19. The zero-order valence-corrected chi connectivity index (χ0v) is 13.6. The van der Waals surface area contributed by atoms with Gasteiger partial charge in [0.1, 0.15) is 5.75 Å². The second-order valence-corrected chi connectivity index (χ2v) is 6.31. The lowest BCUT2D eigenvalue weighted by Gasteiger charge is -2.33. The van der Waals surface area contributed by atoms with E-state index in [-0.39, 0.29) is 0 Å². The Labute approximate surface area is 140 Å². The number of halogens is 2. The van der Waals surface area contributed by atoms with Gasteiger partial charge in [-0.25, -0.2) is 0 Å². The number of piperidine rings is 1. The Bertz CT molecular complexity index is 655. The van der Waals surface area contributed by atoms with Gasteiger partial charge in [0.2, 0.25) is 0 Å². The summed E-state index contributed by atoms with van der Waals surface area (Å²) in [5.74, 6) is 1.40. The van der Waals surface area contributed by atoms with E-state index in [1.165, 1.54) is 0 Å². The molecule has 2 N–H and O–H groups in total. The summed E-state index contributed by atoms with van der Waals surface area (Å²) >= 11 is 12.1. The molecule has 2 aromatic carbocycles. The van der Waals surface area contributed by atoms with Gasteiger partial charge < -0.3 is 15.4 Å². The van der Waals surface area contributed by atoms with Gasteiger partial charge in [0, 0.05) is 24.2 Å². The monoisotopic (exact) mass is 336 g/mol. The number of ether oxygens (including phenoxy) is 1. The summed E-state index contributed by atoms with van der Waals surface area (Å²) in [6.45, 7) is 1.88. The Morgan fingerprint density at radius 2 is 1.73 bits per heavy atom. The molecule has 22 heavy (non-hydrogen) atoms. The Kier molecular flexibility index (Phi) is 4.77. The second-order valence-electron chi connectivity index (χ2n) is 5.47. The van der Waals surface area contributed by atoms with Gasteiger partial charge in [0.15, 0.2) is 5.75 Å². The molecule has 3 rings (SSSR count). The number of para-hydroxylation sites is 2. The van der Waals surface area contributed by atoms with E-state index in [2.05, 4.69) is 11.0 Å². The molecule has 2 aromatic rings. The summed E-state index contributed by atoms with van der Waals surface area (Å²) < 4.78 is 6.01. The van der Waals surface area contributed by atoms with E-state index < -0.39 is 0 Å². The summed E-state index contributed by atoms with van der Waals surface area (Å²) in [6, 6.07) is 13.5. The Morgan fingerprint density at radius 1 is 1.00 bits per heavy atom. The molecule has 0 atom stereocenters. The lowest BCUT2D eigenvalue weighted by Crippen LogP contribution is -2.39. The second kappa shape index (κ2) is 6.78. The maximum absolute atomic E-state index is 6.20. The van der Waals surface area contributed by atoms with E-state index in [4.69, 9.17) is 33.7 Å². The SMILES string of the molecule is NC1CCN(c2ccccc2Oc2ccc(Cl)cc2Cl)CC1. The molecule has 1 aliphatic rings. The van der Waals surface area contributed by atoms with Crippen LogP contribution < -0.4 is 15.4 Å². The minimum absolute atomic E-state index is 0.301. The van der Waals surface area contributed by atoms with Gasteiger partial charge in [-0.2, -0.15) is 0 Å². The topological polar surface area (TPSA) is 38.5 Å². The van der Waals surface area contributed by atoms with Crippen molar-refractivity contribution in [3.05, 3.63) is 52.5 Å². The van der Waals surface area contributed by atoms with Crippen molar-refractivity contribution in [1.29, 1.82) is 0 Å². The van der Waals surface area contributed by atoms with E-state index in [9.17, 15) is 0 Å². The lowest BCUT2D eigenvalue weighted by atomic mass is 10.1. The quantitative estimate of drug-likeness (QED) is 0.881. The Balaban J connectivity index is 1.85. The number of nitrogens with zero attached hydrogens (tertiary/aromatic N) is 1. The fraction of sp³-hybridized carbons (Fsp3) is 0.294. The first-order valence-electron chi connectivity index (χ1n) is 7.36. The van der Waals surface area contributed by atoms with Crippen LogP contribution in [-0.2, 0) is 0 Å². The van der Waals surface area contributed by atoms with Crippen molar-refractivity contribution in [1.82, 2.24) is 0 Å². The van der Waals surface area contributed by atoms with Crippen LogP contribution in [0.15, 0.2) is 42.5 Å². The van der Waals surface area contributed by atoms with E-state index in [1.807, 2.05) is 18.2 Å². The summed E-state index contributed by atoms with van der Waals surface area (Å²) in [6.07, 6.45) is 1.99. The van der Waals surface area contributed by atoms with E-state index >= 15 is 0 Å². The average Bonchev–Trinajstić information content (AvgIpc) is 2.51. The fourth-order valence-corrected chi connectivity index (χ4v) is 3.07. The van der Waals surface area contributed by atoms with E-state index in [0.717, 1.165) is 37.4 Å². The van der Waals surface area contributed by atoms with Gasteiger partial charge in [-0.15, -0.1) is 0 Å². The molecule has 0 bridgehead atoms. The molecule has 3 nitrogen and oxygen atoms in total. The van der Waals surface area contributed by atoms with Crippen molar-refractivity contribution >= 4 is 28.9 Å². The summed E-state index contributed by atoms with van der Waals surface area (Å²) in [5, 5.41) is 1.10. The fourth-order valence-electron chi connectivity index (χ4n) is 2.62. The van der Waals surface area contributed by atoms with Gasteiger partial charge in [-0.05, 0) is 43.2 Å².